The number of nitrogens with two attached hydrogens (primary N) is 1. The van der Waals surface area contributed by atoms with Crippen molar-refractivity contribution in [3.63, 3.8) is 0 Å². The van der Waals surface area contributed by atoms with Crippen LogP contribution in [-0.4, -0.2) is 30.8 Å². The van der Waals surface area contributed by atoms with Gasteiger partial charge in [0.1, 0.15) is 5.52 Å². The quantitative estimate of drug-likeness (QED) is 0.630. The van der Waals surface area contributed by atoms with Crippen LogP contribution in [0, 0.1) is 0 Å². The number of hydrogen-bond acceptors (Lipinski definition) is 6. The van der Waals surface area contributed by atoms with E-state index in [1.54, 1.807) is 19.9 Å². The maximum atomic E-state index is 12.3. The molecule has 0 aliphatic rings. The fourth-order valence-corrected chi connectivity index (χ4v) is 3.32. The molecule has 1 aromatic heterocycles. The smallest absolute Gasteiger partial charge is 0.310 e. The molecule has 0 radical (unpaired) electrons. The van der Waals surface area contributed by atoms with Gasteiger partial charge >= 0.3 is 6.01 Å². The summed E-state index contributed by atoms with van der Waals surface area (Å²) in [6.07, 6.45) is 0. The summed E-state index contributed by atoms with van der Waals surface area (Å²) in [5, 5.41) is 0. The molecule has 2 rings (SSSR count). The van der Waals surface area contributed by atoms with Crippen molar-refractivity contribution in [3.8, 4) is 0 Å². The lowest BCUT2D eigenvalue weighted by Gasteiger charge is -2.18. The third-order valence-corrected chi connectivity index (χ3v) is 4.87. The lowest BCUT2D eigenvalue weighted by Crippen LogP contribution is -2.30. The summed E-state index contributed by atoms with van der Waals surface area (Å²) in [5.74, 6) is 5.20. The number of fused-ring (bicyclic) bond motifs is 1. The monoisotopic (exact) mass is 284 g/mol. The van der Waals surface area contributed by atoms with Crippen LogP contribution in [0.3, 0.4) is 0 Å². The molecule has 19 heavy (non-hydrogen) atoms. The van der Waals surface area contributed by atoms with Crippen LogP contribution in [0.5, 0.6) is 0 Å². The van der Waals surface area contributed by atoms with Gasteiger partial charge in [-0.15, -0.1) is 0 Å². The first-order chi connectivity index (χ1) is 9.02. The van der Waals surface area contributed by atoms with Crippen LogP contribution in [0.1, 0.15) is 13.8 Å². The van der Waals surface area contributed by atoms with Gasteiger partial charge in [-0.1, -0.05) is 13.8 Å². The zero-order valence-electron chi connectivity index (χ0n) is 10.8. The molecule has 0 saturated carbocycles. The molecule has 0 fully saturated rings. The maximum absolute atomic E-state index is 12.3. The van der Waals surface area contributed by atoms with E-state index in [0.29, 0.717) is 24.2 Å². The summed E-state index contributed by atoms with van der Waals surface area (Å²) in [6.45, 7) is 4.44. The van der Waals surface area contributed by atoms with E-state index in [0.717, 1.165) is 0 Å². The fraction of sp³-hybridized carbons (Fsp3) is 0.364. The van der Waals surface area contributed by atoms with E-state index >= 15 is 0 Å². The first kappa shape index (κ1) is 13.8. The summed E-state index contributed by atoms with van der Waals surface area (Å²) in [6, 6.07) is 4.70. The highest BCUT2D eigenvalue weighted by atomic mass is 32.2. The molecule has 1 aromatic carbocycles. The Morgan fingerprint density at radius 1 is 1.37 bits per heavy atom. The number of rotatable bonds is 5. The molecule has 7 nitrogen and oxygen atoms in total. The Morgan fingerprint density at radius 3 is 2.63 bits per heavy atom. The van der Waals surface area contributed by atoms with Crippen molar-refractivity contribution in [3.05, 3.63) is 18.2 Å². The molecular weight excluding hydrogens is 268 g/mol. The van der Waals surface area contributed by atoms with Crippen LogP contribution in [0.25, 0.3) is 11.1 Å². The van der Waals surface area contributed by atoms with E-state index in [-0.39, 0.29) is 10.9 Å². The highest BCUT2D eigenvalue weighted by Gasteiger charge is 2.22. The molecule has 0 aliphatic heterocycles. The molecular formula is C11H16N4O3S. The van der Waals surface area contributed by atoms with Crippen LogP contribution < -0.4 is 11.3 Å². The van der Waals surface area contributed by atoms with Crippen LogP contribution in [0.15, 0.2) is 27.5 Å². The molecule has 0 saturated heterocycles. The van der Waals surface area contributed by atoms with Crippen LogP contribution in [0.2, 0.25) is 0 Å². The molecule has 2 aromatic rings. The molecule has 3 N–H and O–H groups in total. The minimum Gasteiger partial charge on any atom is -0.423 e. The summed E-state index contributed by atoms with van der Waals surface area (Å²) in [5.41, 5.74) is 3.21. The number of hydrazine groups is 1. The van der Waals surface area contributed by atoms with Gasteiger partial charge in [-0.25, -0.2) is 14.3 Å². The minimum absolute atomic E-state index is 0.146. The number of oxazole rings is 1. The van der Waals surface area contributed by atoms with Crippen LogP contribution in [-0.2, 0) is 10.0 Å². The number of nitrogen functional groups attached to an aromatic ring is 1. The lowest BCUT2D eigenvalue weighted by atomic mass is 10.3. The Hall–Kier alpha value is -1.64. The Bertz CT molecular complexity index is 676. The molecule has 8 heteroatoms. The SMILES string of the molecule is CCN(CC)S(=O)(=O)c1ccc2oc(NN)nc2c1. The molecule has 0 aliphatic carbocycles. The number of anilines is 1. The predicted molar refractivity (Wildman–Crippen MR) is 71.9 cm³/mol. The topological polar surface area (TPSA) is 101 Å². The van der Waals surface area contributed by atoms with Gasteiger partial charge in [-0.3, -0.25) is 5.43 Å². The molecule has 0 amide bonds. The minimum atomic E-state index is -3.49. The second kappa shape index (κ2) is 5.16. The fourth-order valence-electron chi connectivity index (χ4n) is 1.84. The van der Waals surface area contributed by atoms with E-state index in [2.05, 4.69) is 10.4 Å². The van der Waals surface area contributed by atoms with Crippen molar-refractivity contribution >= 4 is 27.1 Å². The lowest BCUT2D eigenvalue weighted by molar-refractivity contribution is 0.445. The number of nitrogens with zero attached hydrogens (tertiary/aromatic N) is 2. The second-order valence-electron chi connectivity index (χ2n) is 3.88. The van der Waals surface area contributed by atoms with Gasteiger partial charge in [-0.05, 0) is 18.2 Å². The average molecular weight is 284 g/mol. The molecule has 0 bridgehead atoms. The number of sulfonamides is 1. The Labute approximate surface area is 111 Å². The highest BCUT2D eigenvalue weighted by molar-refractivity contribution is 7.89. The largest absolute Gasteiger partial charge is 0.423 e. The summed E-state index contributed by atoms with van der Waals surface area (Å²) < 4.78 is 31.3. The second-order valence-corrected chi connectivity index (χ2v) is 5.82. The van der Waals surface area contributed by atoms with Crippen molar-refractivity contribution in [1.29, 1.82) is 0 Å². The maximum Gasteiger partial charge on any atom is 0.310 e. The average Bonchev–Trinajstić information content (AvgIpc) is 2.81. The van der Waals surface area contributed by atoms with Gasteiger partial charge < -0.3 is 4.42 Å². The zero-order valence-corrected chi connectivity index (χ0v) is 11.6. The van der Waals surface area contributed by atoms with Crippen molar-refractivity contribution in [2.75, 3.05) is 18.5 Å². The number of benzene rings is 1. The summed E-state index contributed by atoms with van der Waals surface area (Å²) in [7, 11) is -3.49. The molecule has 1 heterocycles. The van der Waals surface area contributed by atoms with E-state index in [1.165, 1.54) is 16.4 Å². The van der Waals surface area contributed by atoms with Gasteiger partial charge in [-0.2, -0.15) is 9.29 Å². The van der Waals surface area contributed by atoms with Crippen molar-refractivity contribution in [1.82, 2.24) is 9.29 Å². The molecule has 0 unspecified atom stereocenters. The highest BCUT2D eigenvalue weighted by Crippen LogP contribution is 2.23. The Morgan fingerprint density at radius 2 is 2.05 bits per heavy atom. The zero-order chi connectivity index (χ0) is 14.0. The van der Waals surface area contributed by atoms with E-state index < -0.39 is 10.0 Å². The van der Waals surface area contributed by atoms with Crippen molar-refractivity contribution < 1.29 is 12.8 Å². The normalized spacial score (nSPS) is 12.2. The standard InChI is InChI=1S/C11H16N4O3S/c1-3-15(4-2)19(16,17)8-5-6-10-9(7-8)13-11(14-12)18-10/h5-7H,3-4,12H2,1-2H3,(H,13,14). The molecule has 0 atom stereocenters. The van der Waals surface area contributed by atoms with E-state index in [4.69, 9.17) is 10.3 Å². The van der Waals surface area contributed by atoms with Crippen molar-refractivity contribution in [2.24, 2.45) is 5.84 Å². The van der Waals surface area contributed by atoms with Gasteiger partial charge in [0.25, 0.3) is 0 Å². The van der Waals surface area contributed by atoms with E-state index in [9.17, 15) is 8.42 Å². The van der Waals surface area contributed by atoms with Crippen LogP contribution >= 0.6 is 0 Å². The predicted octanol–water partition coefficient (Wildman–Crippen LogP) is 1.14. The number of hydrogen-bond donors (Lipinski definition) is 2. The first-order valence-corrected chi connectivity index (χ1v) is 7.34. The number of nitrogens with one attached hydrogen (secondary N) is 1. The van der Waals surface area contributed by atoms with Gasteiger partial charge in [0.05, 0.1) is 4.90 Å². The summed E-state index contributed by atoms with van der Waals surface area (Å²) in [4.78, 5) is 4.23. The Kier molecular flexibility index (Phi) is 3.74. The Balaban J connectivity index is 2.51. The summed E-state index contributed by atoms with van der Waals surface area (Å²) >= 11 is 0. The third kappa shape index (κ3) is 2.42. The first-order valence-electron chi connectivity index (χ1n) is 5.90. The third-order valence-electron chi connectivity index (χ3n) is 2.83. The van der Waals surface area contributed by atoms with Crippen molar-refractivity contribution in [2.45, 2.75) is 18.7 Å². The van der Waals surface area contributed by atoms with Crippen LogP contribution in [0.4, 0.5) is 6.01 Å². The van der Waals surface area contributed by atoms with Gasteiger partial charge in [0.2, 0.25) is 10.0 Å². The van der Waals surface area contributed by atoms with Gasteiger partial charge in [0, 0.05) is 13.1 Å². The molecule has 104 valence electrons. The number of aromatic nitrogens is 1. The molecule has 0 spiro atoms. The van der Waals surface area contributed by atoms with Gasteiger partial charge in [0.15, 0.2) is 5.58 Å². The van der Waals surface area contributed by atoms with E-state index in [1.807, 2.05) is 0 Å².